The molecule has 244 valence electrons. The van der Waals surface area contributed by atoms with Gasteiger partial charge in [0.2, 0.25) is 23.7 Å². The lowest BCUT2D eigenvalue weighted by molar-refractivity contribution is 0.363. The Morgan fingerprint density at radius 1 is 0.745 bits per heavy atom. The van der Waals surface area contributed by atoms with E-state index in [0.29, 0.717) is 59.3 Å². The van der Waals surface area contributed by atoms with Crippen molar-refractivity contribution >= 4 is 35.1 Å². The number of anilines is 4. The van der Waals surface area contributed by atoms with Crippen LogP contribution >= 0.6 is 11.6 Å². The number of nitrogens with one attached hydrogen (secondary N) is 4. The van der Waals surface area contributed by atoms with E-state index in [4.69, 9.17) is 30.1 Å². The molecule has 0 saturated heterocycles. The first-order valence-corrected chi connectivity index (χ1v) is 14.8. The molecule has 0 unspecified atom stereocenters. The Balaban J connectivity index is 0.000000241. The lowest BCUT2D eigenvalue weighted by Crippen LogP contribution is -2.04. The van der Waals surface area contributed by atoms with Gasteiger partial charge in [0.25, 0.3) is 0 Å². The smallest absolute Gasteiger partial charge is 0.224 e. The molecule has 0 fully saturated rings. The number of methoxy groups -OCH3 is 2. The number of hydrogen-bond acceptors (Lipinski definition) is 15. The Labute approximate surface area is 274 Å². The van der Waals surface area contributed by atoms with Gasteiger partial charge in [-0.25, -0.2) is 15.0 Å². The zero-order chi connectivity index (χ0) is 33.0. The molecule has 0 aliphatic rings. The van der Waals surface area contributed by atoms with Gasteiger partial charge in [0.1, 0.15) is 11.0 Å². The van der Waals surface area contributed by atoms with Crippen LogP contribution in [0, 0.1) is 13.8 Å². The van der Waals surface area contributed by atoms with Gasteiger partial charge in [-0.3, -0.25) is 5.10 Å². The van der Waals surface area contributed by atoms with E-state index in [9.17, 15) is 0 Å². The fourth-order valence-corrected chi connectivity index (χ4v) is 4.25. The maximum atomic E-state index is 5.70. The highest BCUT2D eigenvalue weighted by atomic mass is 35.5. The van der Waals surface area contributed by atoms with E-state index in [2.05, 4.69) is 61.4 Å². The third kappa shape index (κ3) is 10.1. The normalized spacial score (nSPS) is 10.6. The fraction of sp³-hybridized carbons (Fsp3) is 0.267. The highest BCUT2D eigenvalue weighted by molar-refractivity contribution is 6.29. The minimum absolute atomic E-state index is 0.404. The molecule has 6 heterocycles. The van der Waals surface area contributed by atoms with Crippen LogP contribution in [-0.4, -0.2) is 59.7 Å². The molecule has 0 saturated carbocycles. The number of H-pyrrole nitrogens is 1. The number of rotatable bonds is 13. The molecular weight excluding hydrogens is 628 g/mol. The fourth-order valence-electron chi connectivity index (χ4n) is 4.12. The number of ether oxygens (including phenoxy) is 2. The third-order valence-electron chi connectivity index (χ3n) is 6.30. The van der Waals surface area contributed by atoms with E-state index in [1.807, 2.05) is 44.2 Å². The van der Waals surface area contributed by atoms with E-state index in [1.165, 1.54) is 0 Å². The van der Waals surface area contributed by atoms with Crippen LogP contribution in [0.15, 0.2) is 63.9 Å². The monoisotopic (exact) mass is 660 g/mol. The second-order valence-electron chi connectivity index (χ2n) is 10.0. The predicted molar refractivity (Wildman–Crippen MR) is 173 cm³/mol. The summed E-state index contributed by atoms with van der Waals surface area (Å²) >= 11 is 5.70. The maximum Gasteiger partial charge on any atom is 0.224 e. The average Bonchev–Trinajstić information content (AvgIpc) is 3.83. The Morgan fingerprint density at radius 3 is 1.94 bits per heavy atom. The van der Waals surface area contributed by atoms with E-state index >= 15 is 0 Å². The molecule has 0 atom stereocenters. The molecule has 6 aromatic heterocycles. The van der Waals surface area contributed by atoms with Gasteiger partial charge >= 0.3 is 0 Å². The summed E-state index contributed by atoms with van der Waals surface area (Å²) in [6.45, 7) is 4.67. The lowest BCUT2D eigenvalue weighted by Gasteiger charge is -2.06. The first-order chi connectivity index (χ1) is 22.8. The van der Waals surface area contributed by atoms with Crippen LogP contribution in [0.25, 0.3) is 0 Å². The summed E-state index contributed by atoms with van der Waals surface area (Å²) in [7, 11) is 3.17. The third-order valence-corrected chi connectivity index (χ3v) is 6.51. The molecule has 47 heavy (non-hydrogen) atoms. The van der Waals surface area contributed by atoms with Gasteiger partial charge < -0.3 is 34.5 Å². The molecule has 16 nitrogen and oxygen atoms in total. The van der Waals surface area contributed by atoms with Crippen molar-refractivity contribution in [3.63, 3.8) is 0 Å². The van der Waals surface area contributed by atoms with Gasteiger partial charge in [-0.2, -0.15) is 15.1 Å². The minimum Gasteiger partial charge on any atom is -0.481 e. The second kappa shape index (κ2) is 16.0. The number of halogens is 1. The molecule has 17 heteroatoms. The summed E-state index contributed by atoms with van der Waals surface area (Å²) < 4.78 is 20.6. The Bertz CT molecular complexity index is 1850. The number of aryl methyl sites for hydroxylation is 4. The number of pyridine rings is 1. The van der Waals surface area contributed by atoms with Crippen molar-refractivity contribution < 1.29 is 18.5 Å². The quantitative estimate of drug-likeness (QED) is 0.119. The van der Waals surface area contributed by atoms with Crippen LogP contribution in [0.5, 0.6) is 11.8 Å². The summed E-state index contributed by atoms with van der Waals surface area (Å²) in [5.74, 6) is 4.73. The van der Waals surface area contributed by atoms with Crippen molar-refractivity contribution in [2.75, 3.05) is 30.2 Å². The molecule has 6 aromatic rings. The first-order valence-electron chi connectivity index (χ1n) is 14.4. The summed E-state index contributed by atoms with van der Waals surface area (Å²) in [6, 6.07) is 12.8. The van der Waals surface area contributed by atoms with Crippen LogP contribution in [0.2, 0.25) is 5.15 Å². The van der Waals surface area contributed by atoms with Crippen LogP contribution in [0.4, 0.5) is 23.5 Å². The highest BCUT2D eigenvalue weighted by Gasteiger charge is 2.08. The largest absolute Gasteiger partial charge is 0.481 e. The van der Waals surface area contributed by atoms with Crippen LogP contribution in [-0.2, 0) is 25.9 Å². The predicted octanol–water partition coefficient (Wildman–Crippen LogP) is 5.09. The minimum atomic E-state index is 0.404. The highest BCUT2D eigenvalue weighted by Crippen LogP contribution is 2.20. The Hall–Kier alpha value is -5.77. The van der Waals surface area contributed by atoms with E-state index < -0.39 is 0 Å². The van der Waals surface area contributed by atoms with E-state index in [1.54, 1.807) is 38.7 Å². The zero-order valence-corrected chi connectivity index (χ0v) is 26.9. The second-order valence-corrected chi connectivity index (χ2v) is 10.4. The molecule has 0 aliphatic heterocycles. The number of nitrogens with zero attached hydrogens (tertiary/aromatic N) is 8. The Morgan fingerprint density at radius 2 is 1.36 bits per heavy atom. The Kier molecular flexibility index (Phi) is 11.1. The van der Waals surface area contributed by atoms with Crippen LogP contribution in [0.1, 0.15) is 34.2 Å². The van der Waals surface area contributed by atoms with Crippen molar-refractivity contribution in [3.05, 3.63) is 94.2 Å². The van der Waals surface area contributed by atoms with Gasteiger partial charge in [-0.1, -0.05) is 21.9 Å². The van der Waals surface area contributed by atoms with Crippen LogP contribution in [0.3, 0.4) is 0 Å². The molecule has 4 N–H and O–H groups in total. The summed E-state index contributed by atoms with van der Waals surface area (Å²) in [4.78, 5) is 20.9. The molecular formula is C30H33ClN12O4. The number of aromatic nitrogens is 9. The molecule has 0 aromatic carbocycles. The zero-order valence-electron chi connectivity index (χ0n) is 26.1. The molecule has 6 rings (SSSR count). The number of hydrogen-bond donors (Lipinski definition) is 4. The van der Waals surface area contributed by atoms with Gasteiger partial charge in [0.15, 0.2) is 17.3 Å². The summed E-state index contributed by atoms with van der Waals surface area (Å²) in [6.07, 6.45) is 4.79. The van der Waals surface area contributed by atoms with Crippen molar-refractivity contribution in [2.24, 2.45) is 0 Å². The van der Waals surface area contributed by atoms with Gasteiger partial charge in [-0.15, -0.1) is 0 Å². The number of aromatic amines is 1. The first kappa shape index (κ1) is 32.6. The molecule has 0 radical (unpaired) electrons. The van der Waals surface area contributed by atoms with Gasteiger partial charge in [-0.05, 0) is 44.4 Å². The van der Waals surface area contributed by atoms with Gasteiger partial charge in [0, 0.05) is 48.4 Å². The summed E-state index contributed by atoms with van der Waals surface area (Å²) in [5, 5.41) is 24.7. The van der Waals surface area contributed by atoms with Crippen LogP contribution < -0.4 is 25.4 Å². The molecule has 0 spiro atoms. The lowest BCUT2D eigenvalue weighted by atomic mass is 10.1. The molecule has 0 aliphatic carbocycles. The van der Waals surface area contributed by atoms with Gasteiger partial charge in [0.05, 0.1) is 38.7 Å². The van der Waals surface area contributed by atoms with Crippen molar-refractivity contribution in [3.8, 4) is 11.8 Å². The SMILES string of the molecule is COc1cc(CCc2cc(Nc3ccnc(NCc4cc(C)no4)n3)n[nH]2)cc(OC)n1.Cc1cc(CNc2nccc(Cl)n2)on1. The topological polar surface area (TPSA) is 200 Å². The molecule has 0 bridgehead atoms. The van der Waals surface area contributed by atoms with E-state index in [-0.39, 0.29) is 0 Å². The molecule has 0 amide bonds. The average molecular weight is 661 g/mol. The summed E-state index contributed by atoms with van der Waals surface area (Å²) in [5.41, 5.74) is 3.72. The van der Waals surface area contributed by atoms with Crippen molar-refractivity contribution in [2.45, 2.75) is 39.8 Å². The maximum absolute atomic E-state index is 5.70. The van der Waals surface area contributed by atoms with E-state index in [0.717, 1.165) is 41.2 Å². The standard InChI is InChI=1S/C21H24N8O3.C9H9ClN4O/c1-13-8-16(32-29-13)12-23-21-22-7-6-17(25-21)24-18-11-15(27-28-18)5-4-14-9-19(30-2)26-20(10-14)31-3;1-6-4-7(15-14-6)5-12-9-11-3-2-8(10)13-9/h6-11H,4-5,12H2,1-3H3,(H3,22,23,24,25,27,28);2-4H,5H2,1H3,(H,11,12,13). The van der Waals surface area contributed by atoms with Crippen molar-refractivity contribution in [1.29, 1.82) is 0 Å². The van der Waals surface area contributed by atoms with Crippen molar-refractivity contribution in [1.82, 2.24) is 45.4 Å².